The van der Waals surface area contributed by atoms with Gasteiger partial charge >= 0.3 is 0 Å². The molecular formula is C17H20ClN3O3. The molecule has 1 aromatic heterocycles. The molecule has 0 unspecified atom stereocenters. The van der Waals surface area contributed by atoms with Gasteiger partial charge in [0.05, 0.1) is 11.6 Å². The molecule has 0 saturated heterocycles. The van der Waals surface area contributed by atoms with E-state index in [1.54, 1.807) is 12.3 Å². The van der Waals surface area contributed by atoms with Crippen molar-refractivity contribution in [2.24, 2.45) is 5.73 Å². The summed E-state index contributed by atoms with van der Waals surface area (Å²) in [6.07, 6.45) is 3.55. The van der Waals surface area contributed by atoms with Crippen LogP contribution in [0.4, 0.5) is 0 Å². The average Bonchev–Trinajstić information content (AvgIpc) is 2.55. The van der Waals surface area contributed by atoms with Gasteiger partial charge in [-0.25, -0.2) is 0 Å². The first-order chi connectivity index (χ1) is 11.6. The third kappa shape index (κ3) is 5.40. The number of carbonyl (C=O) groups is 1. The van der Waals surface area contributed by atoms with E-state index in [2.05, 4.69) is 10.3 Å². The first-order valence-corrected chi connectivity index (χ1v) is 7.94. The molecule has 1 amide bonds. The van der Waals surface area contributed by atoms with E-state index in [9.17, 15) is 4.79 Å². The van der Waals surface area contributed by atoms with Gasteiger partial charge in [-0.15, -0.1) is 0 Å². The Hall–Kier alpha value is -2.31. The number of ether oxygens (including phenoxy) is 2. The van der Waals surface area contributed by atoms with Crippen LogP contribution in [0.25, 0.3) is 0 Å². The molecule has 7 heteroatoms. The summed E-state index contributed by atoms with van der Waals surface area (Å²) >= 11 is 6.25. The fraction of sp³-hybridized carbons (Fsp3) is 0.294. The lowest BCUT2D eigenvalue weighted by Crippen LogP contribution is -2.20. The van der Waals surface area contributed by atoms with Crippen LogP contribution >= 0.6 is 11.6 Å². The van der Waals surface area contributed by atoms with Crippen LogP contribution in [0.1, 0.15) is 18.1 Å². The molecule has 2 aromatic rings. The van der Waals surface area contributed by atoms with Crippen molar-refractivity contribution < 1.29 is 14.3 Å². The Morgan fingerprint density at radius 3 is 2.75 bits per heavy atom. The number of nitrogens with two attached hydrogens (primary N) is 1. The third-order valence-corrected chi connectivity index (χ3v) is 3.39. The minimum absolute atomic E-state index is 0.252. The van der Waals surface area contributed by atoms with Crippen LogP contribution in [0.3, 0.4) is 0 Å². The average molecular weight is 350 g/mol. The second-order valence-corrected chi connectivity index (χ2v) is 5.46. The SMILES string of the molecule is CCOc1cc(CNCc2cccnc2)cc(Cl)c1OCC(N)=O. The minimum atomic E-state index is -0.573. The number of rotatable bonds is 9. The zero-order valence-electron chi connectivity index (χ0n) is 13.4. The van der Waals surface area contributed by atoms with Gasteiger partial charge in [-0.3, -0.25) is 9.78 Å². The first kappa shape index (κ1) is 18.0. The van der Waals surface area contributed by atoms with Gasteiger partial charge < -0.3 is 20.5 Å². The topological polar surface area (TPSA) is 86.5 Å². The van der Waals surface area contributed by atoms with Crippen LogP contribution < -0.4 is 20.5 Å². The molecule has 0 radical (unpaired) electrons. The maximum absolute atomic E-state index is 10.9. The fourth-order valence-electron chi connectivity index (χ4n) is 2.12. The lowest BCUT2D eigenvalue weighted by Gasteiger charge is -2.15. The summed E-state index contributed by atoms with van der Waals surface area (Å²) in [7, 11) is 0. The number of primary amides is 1. The van der Waals surface area contributed by atoms with Crippen molar-refractivity contribution >= 4 is 17.5 Å². The number of pyridine rings is 1. The molecule has 0 bridgehead atoms. The van der Waals surface area contributed by atoms with E-state index in [0.717, 1.165) is 11.1 Å². The zero-order valence-corrected chi connectivity index (χ0v) is 14.2. The molecule has 0 aliphatic rings. The van der Waals surface area contributed by atoms with Crippen molar-refractivity contribution in [1.29, 1.82) is 0 Å². The fourth-order valence-corrected chi connectivity index (χ4v) is 2.41. The Bertz CT molecular complexity index is 680. The Morgan fingerprint density at radius 2 is 2.08 bits per heavy atom. The summed E-state index contributed by atoms with van der Waals surface area (Å²) < 4.78 is 10.9. The largest absolute Gasteiger partial charge is 0.490 e. The Kier molecular flexibility index (Phi) is 6.84. The number of nitrogens with one attached hydrogen (secondary N) is 1. The molecule has 0 aliphatic carbocycles. The van der Waals surface area contributed by atoms with E-state index in [4.69, 9.17) is 26.8 Å². The predicted molar refractivity (Wildman–Crippen MR) is 92.1 cm³/mol. The highest BCUT2D eigenvalue weighted by atomic mass is 35.5. The minimum Gasteiger partial charge on any atom is -0.490 e. The van der Waals surface area contributed by atoms with Crippen molar-refractivity contribution in [3.8, 4) is 11.5 Å². The van der Waals surface area contributed by atoms with Gasteiger partial charge in [0.25, 0.3) is 5.91 Å². The molecular weight excluding hydrogens is 330 g/mol. The summed E-state index contributed by atoms with van der Waals surface area (Å²) in [5.74, 6) is 0.244. The number of halogens is 1. The lowest BCUT2D eigenvalue weighted by molar-refractivity contribution is -0.119. The van der Waals surface area contributed by atoms with E-state index >= 15 is 0 Å². The summed E-state index contributed by atoms with van der Waals surface area (Å²) in [4.78, 5) is 15.0. The monoisotopic (exact) mass is 349 g/mol. The molecule has 1 aromatic carbocycles. The van der Waals surface area contributed by atoms with E-state index < -0.39 is 5.91 Å². The van der Waals surface area contributed by atoms with Crippen molar-refractivity contribution in [2.45, 2.75) is 20.0 Å². The molecule has 6 nitrogen and oxygen atoms in total. The van der Waals surface area contributed by atoms with E-state index in [0.29, 0.717) is 36.2 Å². The number of benzene rings is 1. The second-order valence-electron chi connectivity index (χ2n) is 5.06. The molecule has 0 fully saturated rings. The van der Waals surface area contributed by atoms with Crippen molar-refractivity contribution in [2.75, 3.05) is 13.2 Å². The quantitative estimate of drug-likeness (QED) is 0.725. The molecule has 3 N–H and O–H groups in total. The van der Waals surface area contributed by atoms with Gasteiger partial charge in [-0.2, -0.15) is 0 Å². The number of nitrogens with zero attached hydrogens (tertiary/aromatic N) is 1. The normalized spacial score (nSPS) is 10.4. The smallest absolute Gasteiger partial charge is 0.255 e. The number of carbonyl (C=O) groups excluding carboxylic acids is 1. The van der Waals surface area contributed by atoms with E-state index in [1.807, 2.05) is 31.3 Å². The van der Waals surface area contributed by atoms with Crippen LogP contribution in [0.15, 0.2) is 36.7 Å². The highest BCUT2D eigenvalue weighted by Crippen LogP contribution is 2.36. The number of amides is 1. The molecule has 24 heavy (non-hydrogen) atoms. The van der Waals surface area contributed by atoms with Crippen LogP contribution in [-0.4, -0.2) is 24.1 Å². The van der Waals surface area contributed by atoms with Gasteiger partial charge in [0, 0.05) is 25.5 Å². The van der Waals surface area contributed by atoms with Crippen LogP contribution in [0.2, 0.25) is 5.02 Å². The molecule has 0 aliphatic heterocycles. The third-order valence-electron chi connectivity index (χ3n) is 3.11. The molecule has 128 valence electrons. The summed E-state index contributed by atoms with van der Waals surface area (Å²) in [5.41, 5.74) is 7.14. The highest BCUT2D eigenvalue weighted by molar-refractivity contribution is 6.32. The maximum atomic E-state index is 10.9. The van der Waals surface area contributed by atoms with Gasteiger partial charge in [0.1, 0.15) is 0 Å². The maximum Gasteiger partial charge on any atom is 0.255 e. The summed E-state index contributed by atoms with van der Waals surface area (Å²) in [6, 6.07) is 7.50. The number of hydrogen-bond acceptors (Lipinski definition) is 5. The van der Waals surface area contributed by atoms with Gasteiger partial charge in [-0.05, 0) is 36.2 Å². The summed E-state index contributed by atoms with van der Waals surface area (Å²) in [6.45, 7) is 3.35. The standard InChI is InChI=1S/C17H20ClN3O3/c1-2-23-15-7-13(6-14(18)17(15)24-11-16(19)22)10-21-9-12-4-3-5-20-8-12/h3-8,21H,2,9-11H2,1H3,(H2,19,22). The Labute approximate surface area is 145 Å². The van der Waals surface area contributed by atoms with E-state index in [-0.39, 0.29) is 6.61 Å². The number of aromatic nitrogens is 1. The number of hydrogen-bond donors (Lipinski definition) is 2. The van der Waals surface area contributed by atoms with Gasteiger partial charge in [-0.1, -0.05) is 17.7 Å². The molecule has 0 spiro atoms. The van der Waals surface area contributed by atoms with Crippen LogP contribution in [0, 0.1) is 0 Å². The Balaban J connectivity index is 2.05. The Morgan fingerprint density at radius 1 is 1.29 bits per heavy atom. The van der Waals surface area contributed by atoms with Crippen molar-refractivity contribution in [3.05, 3.63) is 52.8 Å². The van der Waals surface area contributed by atoms with Gasteiger partial charge in [0.2, 0.25) is 0 Å². The van der Waals surface area contributed by atoms with Crippen LogP contribution in [0.5, 0.6) is 11.5 Å². The molecule has 1 heterocycles. The van der Waals surface area contributed by atoms with Crippen LogP contribution in [-0.2, 0) is 17.9 Å². The highest BCUT2D eigenvalue weighted by Gasteiger charge is 2.13. The zero-order chi connectivity index (χ0) is 17.4. The second kappa shape index (κ2) is 9.10. The molecule has 0 atom stereocenters. The van der Waals surface area contributed by atoms with E-state index in [1.165, 1.54) is 0 Å². The molecule has 0 saturated carbocycles. The van der Waals surface area contributed by atoms with Crippen molar-refractivity contribution in [3.63, 3.8) is 0 Å². The predicted octanol–water partition coefficient (Wildman–Crippen LogP) is 2.29. The lowest BCUT2D eigenvalue weighted by atomic mass is 10.2. The summed E-state index contributed by atoms with van der Waals surface area (Å²) in [5, 5.41) is 3.69. The molecule has 2 rings (SSSR count). The van der Waals surface area contributed by atoms with Crippen molar-refractivity contribution in [1.82, 2.24) is 10.3 Å². The van der Waals surface area contributed by atoms with Gasteiger partial charge in [0.15, 0.2) is 18.1 Å². The first-order valence-electron chi connectivity index (χ1n) is 7.56.